The van der Waals surface area contributed by atoms with E-state index in [0.29, 0.717) is 22.8 Å². The maximum Gasteiger partial charge on any atom is 0.277 e. The van der Waals surface area contributed by atoms with Crippen molar-refractivity contribution in [1.29, 1.82) is 0 Å². The molecular formula is C20H20N4O6S. The number of hydrazine groups is 1. The minimum atomic E-state index is -0.491. The van der Waals surface area contributed by atoms with Crippen LogP contribution in [0.4, 0.5) is 0 Å². The van der Waals surface area contributed by atoms with Gasteiger partial charge >= 0.3 is 0 Å². The maximum absolute atomic E-state index is 11.9. The van der Waals surface area contributed by atoms with Gasteiger partial charge in [-0.2, -0.15) is 0 Å². The zero-order chi connectivity index (χ0) is 22.1. The smallest absolute Gasteiger partial charge is 0.277 e. The summed E-state index contributed by atoms with van der Waals surface area (Å²) in [6.07, 6.45) is 0. The molecule has 0 spiro atoms. The van der Waals surface area contributed by atoms with Crippen LogP contribution < -0.4 is 25.1 Å². The summed E-state index contributed by atoms with van der Waals surface area (Å²) in [7, 11) is 3.08. The first-order valence-electron chi connectivity index (χ1n) is 9.02. The van der Waals surface area contributed by atoms with Crippen molar-refractivity contribution in [2.45, 2.75) is 5.22 Å². The second kappa shape index (κ2) is 10.9. The molecule has 0 unspecified atom stereocenters. The van der Waals surface area contributed by atoms with Crippen LogP contribution in [-0.2, 0) is 9.59 Å². The lowest BCUT2D eigenvalue weighted by atomic mass is 10.2. The minimum absolute atomic E-state index is 0.0388. The molecule has 3 rings (SSSR count). The Morgan fingerprint density at radius 2 is 1.61 bits per heavy atom. The van der Waals surface area contributed by atoms with E-state index in [1.54, 1.807) is 56.7 Å². The molecule has 3 aromatic rings. The van der Waals surface area contributed by atoms with Gasteiger partial charge in [0.1, 0.15) is 17.2 Å². The number of ether oxygens (including phenoxy) is 3. The van der Waals surface area contributed by atoms with Crippen LogP contribution in [0.2, 0.25) is 0 Å². The summed E-state index contributed by atoms with van der Waals surface area (Å²) in [6.45, 7) is -0.228. The Hall–Kier alpha value is -3.73. The molecule has 0 atom stereocenters. The molecule has 0 fully saturated rings. The molecule has 0 saturated carbocycles. The number of amides is 2. The molecular weight excluding hydrogens is 424 g/mol. The van der Waals surface area contributed by atoms with E-state index in [-0.39, 0.29) is 23.5 Å². The van der Waals surface area contributed by atoms with Crippen LogP contribution in [0.15, 0.2) is 58.2 Å². The van der Waals surface area contributed by atoms with Gasteiger partial charge in [0.2, 0.25) is 11.8 Å². The predicted octanol–water partition coefficient (Wildman–Crippen LogP) is 2.07. The van der Waals surface area contributed by atoms with Gasteiger partial charge in [0.15, 0.2) is 6.61 Å². The number of methoxy groups -OCH3 is 2. The number of aromatic nitrogens is 2. The van der Waals surface area contributed by atoms with E-state index in [9.17, 15) is 9.59 Å². The van der Waals surface area contributed by atoms with Crippen molar-refractivity contribution in [2.24, 2.45) is 0 Å². The van der Waals surface area contributed by atoms with E-state index in [1.165, 1.54) is 0 Å². The van der Waals surface area contributed by atoms with Crippen LogP contribution in [0, 0.1) is 0 Å². The van der Waals surface area contributed by atoms with Crippen molar-refractivity contribution < 1.29 is 28.2 Å². The highest BCUT2D eigenvalue weighted by molar-refractivity contribution is 7.99. The van der Waals surface area contributed by atoms with Crippen LogP contribution in [0.1, 0.15) is 0 Å². The zero-order valence-electron chi connectivity index (χ0n) is 16.8. The Kier molecular flexibility index (Phi) is 7.71. The largest absolute Gasteiger partial charge is 0.497 e. The number of thioether (sulfide) groups is 1. The lowest BCUT2D eigenvalue weighted by molar-refractivity contribution is -0.128. The quantitative estimate of drug-likeness (QED) is 0.377. The Morgan fingerprint density at radius 3 is 2.29 bits per heavy atom. The van der Waals surface area contributed by atoms with E-state index in [2.05, 4.69) is 21.0 Å². The molecule has 0 aliphatic heterocycles. The van der Waals surface area contributed by atoms with Crippen LogP contribution >= 0.6 is 11.8 Å². The number of para-hydroxylation sites is 1. The maximum atomic E-state index is 11.9. The van der Waals surface area contributed by atoms with Crippen LogP contribution in [0.25, 0.3) is 11.5 Å². The molecule has 2 N–H and O–H groups in total. The highest BCUT2D eigenvalue weighted by Crippen LogP contribution is 2.30. The van der Waals surface area contributed by atoms with Gasteiger partial charge in [0.05, 0.1) is 20.0 Å². The number of carbonyl (C=O) groups excluding carboxylic acids is 2. The summed E-state index contributed by atoms with van der Waals surface area (Å²) in [5, 5.41) is 8.09. The molecule has 0 saturated heterocycles. The third-order valence-corrected chi connectivity index (χ3v) is 4.60. The number of hydrogen-bond donors (Lipinski definition) is 2. The standard InChI is InChI=1S/C20H20N4O6S/c1-27-15-8-13(9-16(10-15)28-2)19-23-24-20(30-19)31-12-18(26)22-21-17(25)11-29-14-6-4-3-5-7-14/h3-10H,11-12H2,1-2H3,(H,21,25)(H,22,26). The summed E-state index contributed by atoms with van der Waals surface area (Å²) in [4.78, 5) is 23.7. The molecule has 162 valence electrons. The SMILES string of the molecule is COc1cc(OC)cc(-c2nnc(SCC(=O)NNC(=O)COc3ccccc3)o2)c1. The van der Waals surface area contributed by atoms with Gasteiger partial charge < -0.3 is 18.6 Å². The Morgan fingerprint density at radius 1 is 0.935 bits per heavy atom. The molecule has 31 heavy (non-hydrogen) atoms. The van der Waals surface area contributed by atoms with Crippen LogP contribution in [-0.4, -0.2) is 48.6 Å². The molecule has 11 heteroatoms. The Labute approximate surface area is 182 Å². The normalized spacial score (nSPS) is 10.3. The van der Waals surface area contributed by atoms with E-state index in [0.717, 1.165) is 11.8 Å². The number of hydrogen-bond acceptors (Lipinski definition) is 9. The van der Waals surface area contributed by atoms with Gasteiger partial charge in [0.25, 0.3) is 11.1 Å². The third kappa shape index (κ3) is 6.64. The highest BCUT2D eigenvalue weighted by atomic mass is 32.2. The summed E-state index contributed by atoms with van der Waals surface area (Å²) >= 11 is 1.03. The van der Waals surface area contributed by atoms with Crippen molar-refractivity contribution in [3.05, 3.63) is 48.5 Å². The summed E-state index contributed by atoms with van der Waals surface area (Å²) < 4.78 is 21.3. The minimum Gasteiger partial charge on any atom is -0.497 e. The van der Waals surface area contributed by atoms with Crippen molar-refractivity contribution in [3.63, 3.8) is 0 Å². The van der Waals surface area contributed by atoms with E-state index in [4.69, 9.17) is 18.6 Å². The molecule has 0 radical (unpaired) electrons. The van der Waals surface area contributed by atoms with Gasteiger partial charge in [-0.05, 0) is 24.3 Å². The van der Waals surface area contributed by atoms with Crippen molar-refractivity contribution in [2.75, 3.05) is 26.6 Å². The third-order valence-electron chi connectivity index (χ3n) is 3.79. The number of benzene rings is 2. The zero-order valence-corrected chi connectivity index (χ0v) is 17.6. The fourth-order valence-corrected chi connectivity index (χ4v) is 2.88. The lowest BCUT2D eigenvalue weighted by Gasteiger charge is -2.08. The monoisotopic (exact) mass is 444 g/mol. The molecule has 0 aliphatic rings. The summed E-state index contributed by atoms with van der Waals surface area (Å²) in [6, 6.07) is 14.0. The van der Waals surface area contributed by atoms with Gasteiger partial charge in [0, 0.05) is 11.6 Å². The van der Waals surface area contributed by atoms with Crippen molar-refractivity contribution >= 4 is 23.6 Å². The first-order valence-corrected chi connectivity index (χ1v) is 10.0. The topological polar surface area (TPSA) is 125 Å². The van der Waals surface area contributed by atoms with Gasteiger partial charge in [-0.15, -0.1) is 10.2 Å². The van der Waals surface area contributed by atoms with Crippen LogP contribution in [0.5, 0.6) is 17.2 Å². The first-order chi connectivity index (χ1) is 15.1. The molecule has 1 heterocycles. The molecule has 0 bridgehead atoms. The fraction of sp³-hybridized carbons (Fsp3) is 0.200. The average molecular weight is 444 g/mol. The van der Waals surface area contributed by atoms with E-state index >= 15 is 0 Å². The molecule has 2 aromatic carbocycles. The average Bonchev–Trinajstić information content (AvgIpc) is 3.29. The summed E-state index contributed by atoms with van der Waals surface area (Å²) in [5.74, 6) is 0.992. The summed E-state index contributed by atoms with van der Waals surface area (Å²) in [5.41, 5.74) is 5.19. The van der Waals surface area contributed by atoms with Crippen molar-refractivity contribution in [3.8, 4) is 28.7 Å². The van der Waals surface area contributed by atoms with Gasteiger partial charge in [-0.1, -0.05) is 30.0 Å². The second-order valence-electron chi connectivity index (χ2n) is 5.96. The first kappa shape index (κ1) is 22.0. The predicted molar refractivity (Wildman–Crippen MR) is 112 cm³/mol. The molecule has 2 amide bonds. The van der Waals surface area contributed by atoms with Crippen LogP contribution in [0.3, 0.4) is 0 Å². The van der Waals surface area contributed by atoms with Gasteiger partial charge in [-0.25, -0.2) is 0 Å². The highest BCUT2D eigenvalue weighted by Gasteiger charge is 2.14. The fourth-order valence-electron chi connectivity index (χ4n) is 2.32. The van der Waals surface area contributed by atoms with E-state index in [1.807, 2.05) is 6.07 Å². The lowest BCUT2D eigenvalue weighted by Crippen LogP contribution is -2.44. The molecule has 0 aliphatic carbocycles. The Bertz CT molecular complexity index is 1010. The number of carbonyl (C=O) groups is 2. The number of rotatable bonds is 9. The van der Waals surface area contributed by atoms with Crippen molar-refractivity contribution in [1.82, 2.24) is 21.0 Å². The molecule has 1 aromatic heterocycles. The Balaban J connectivity index is 1.45. The van der Waals surface area contributed by atoms with Gasteiger partial charge in [-0.3, -0.25) is 20.4 Å². The van der Waals surface area contributed by atoms with E-state index < -0.39 is 11.8 Å². The second-order valence-corrected chi connectivity index (χ2v) is 6.89. The number of nitrogens with one attached hydrogen (secondary N) is 2. The number of nitrogens with zero attached hydrogens (tertiary/aromatic N) is 2. The molecule has 10 nitrogen and oxygen atoms in total.